The minimum atomic E-state index is -0.600. The summed E-state index contributed by atoms with van der Waals surface area (Å²) in [7, 11) is 0. The van der Waals surface area contributed by atoms with Crippen LogP contribution in [0.3, 0.4) is 0 Å². The summed E-state index contributed by atoms with van der Waals surface area (Å²) >= 11 is 0. The van der Waals surface area contributed by atoms with E-state index in [4.69, 9.17) is 14.3 Å². The maximum Gasteiger partial charge on any atom is 0.167 e. The first-order chi connectivity index (χ1) is 15.3. The molecule has 0 radical (unpaired) electrons. The van der Waals surface area contributed by atoms with Crippen LogP contribution in [-0.2, 0) is 34.1 Å². The Morgan fingerprint density at radius 2 is 1.19 bits per heavy atom. The normalized spacial score (nSPS) is 19.4. The van der Waals surface area contributed by atoms with Gasteiger partial charge in [0.25, 0.3) is 0 Å². The highest BCUT2D eigenvalue weighted by molar-refractivity contribution is 5.15. The van der Waals surface area contributed by atoms with Crippen molar-refractivity contribution < 1.29 is 14.3 Å². The topological polar surface area (TPSA) is 30.9 Å². The Morgan fingerprint density at radius 1 is 0.645 bits per heavy atom. The Bertz CT molecular complexity index is 888. The molecule has 0 spiro atoms. The summed E-state index contributed by atoms with van der Waals surface area (Å²) in [5.41, 5.74) is 2.86. The average Bonchev–Trinajstić information content (AvgIpc) is 2.84. The fourth-order valence-corrected chi connectivity index (χ4v) is 3.92. The van der Waals surface area contributed by atoms with Gasteiger partial charge in [0.15, 0.2) is 5.72 Å². The molecule has 162 valence electrons. The van der Waals surface area contributed by atoms with Gasteiger partial charge in [-0.15, -0.1) is 0 Å². The summed E-state index contributed by atoms with van der Waals surface area (Å²) in [6.45, 7) is 2.90. The van der Waals surface area contributed by atoms with Crippen LogP contribution in [-0.4, -0.2) is 23.9 Å². The van der Waals surface area contributed by atoms with Crippen LogP contribution in [0.4, 0.5) is 0 Å². The van der Waals surface area contributed by atoms with E-state index >= 15 is 0 Å². The molecule has 0 aromatic heterocycles. The molecule has 3 aromatic rings. The first kappa shape index (κ1) is 21.7. The van der Waals surface area contributed by atoms with Crippen LogP contribution < -0.4 is 0 Å². The van der Waals surface area contributed by atoms with Crippen LogP contribution in [0.25, 0.3) is 0 Å². The lowest BCUT2D eigenvalue weighted by Crippen LogP contribution is -2.56. The highest BCUT2D eigenvalue weighted by Gasteiger charge is 2.41. The third-order valence-electron chi connectivity index (χ3n) is 5.65. The van der Waals surface area contributed by atoms with Crippen molar-refractivity contribution in [2.24, 2.45) is 0 Å². The van der Waals surface area contributed by atoms with E-state index in [1.165, 1.54) is 0 Å². The Hall–Kier alpha value is -2.50. The third kappa shape index (κ3) is 6.25. The van der Waals surface area contributed by atoms with Gasteiger partial charge in [0.05, 0.1) is 26.4 Å². The smallest absolute Gasteiger partial charge is 0.167 e. The van der Waals surface area contributed by atoms with Crippen LogP contribution in [0.5, 0.6) is 0 Å². The first-order valence-electron chi connectivity index (χ1n) is 11.1. The molecule has 0 aliphatic carbocycles. The molecule has 1 atom stereocenters. The molecule has 0 bridgehead atoms. The molecule has 4 nitrogen and oxygen atoms in total. The van der Waals surface area contributed by atoms with Crippen LogP contribution in [0.15, 0.2) is 91.0 Å². The molecule has 1 aliphatic heterocycles. The fourth-order valence-electron chi connectivity index (χ4n) is 3.92. The molecule has 4 heteroatoms. The van der Waals surface area contributed by atoms with Gasteiger partial charge in [-0.05, 0) is 36.0 Å². The van der Waals surface area contributed by atoms with E-state index in [0.29, 0.717) is 26.4 Å². The van der Waals surface area contributed by atoms with Gasteiger partial charge in [0, 0.05) is 6.54 Å². The zero-order valence-corrected chi connectivity index (χ0v) is 18.0. The van der Waals surface area contributed by atoms with Crippen molar-refractivity contribution in [1.29, 1.82) is 0 Å². The van der Waals surface area contributed by atoms with E-state index < -0.39 is 5.72 Å². The van der Waals surface area contributed by atoms with Crippen molar-refractivity contribution in [2.45, 2.75) is 44.8 Å². The highest BCUT2D eigenvalue weighted by atomic mass is 16.7. The lowest BCUT2D eigenvalue weighted by Gasteiger charge is -2.45. The number of benzene rings is 3. The Labute approximate surface area is 185 Å². The molecule has 0 N–H and O–H groups in total. The zero-order chi connectivity index (χ0) is 21.2. The highest BCUT2D eigenvalue weighted by Crippen LogP contribution is 2.32. The van der Waals surface area contributed by atoms with Crippen molar-refractivity contribution in [3.63, 3.8) is 0 Å². The van der Waals surface area contributed by atoms with Gasteiger partial charge in [-0.1, -0.05) is 91.0 Å². The van der Waals surface area contributed by atoms with Crippen LogP contribution >= 0.6 is 0 Å². The second-order valence-corrected chi connectivity index (χ2v) is 8.02. The number of hydrogen-bond acceptors (Lipinski definition) is 4. The lowest BCUT2D eigenvalue weighted by atomic mass is 10.0. The van der Waals surface area contributed by atoms with Gasteiger partial charge >= 0.3 is 0 Å². The molecule has 1 aliphatic rings. The van der Waals surface area contributed by atoms with Gasteiger partial charge in [-0.2, -0.15) is 5.06 Å². The van der Waals surface area contributed by atoms with Gasteiger partial charge in [0.2, 0.25) is 0 Å². The maximum atomic E-state index is 6.57. The summed E-state index contributed by atoms with van der Waals surface area (Å²) in [5, 5.41) is 2.03. The summed E-state index contributed by atoms with van der Waals surface area (Å²) < 4.78 is 12.8. The minimum Gasteiger partial charge on any atom is -0.372 e. The first-order valence-corrected chi connectivity index (χ1v) is 11.1. The number of hydroxylamine groups is 2. The molecule has 0 saturated carbocycles. The van der Waals surface area contributed by atoms with Gasteiger partial charge in [-0.3, -0.25) is 4.84 Å². The van der Waals surface area contributed by atoms with E-state index in [9.17, 15) is 0 Å². The molecule has 3 aromatic carbocycles. The Morgan fingerprint density at radius 3 is 1.81 bits per heavy atom. The summed E-state index contributed by atoms with van der Waals surface area (Å²) in [5.74, 6) is 0. The second-order valence-electron chi connectivity index (χ2n) is 8.02. The maximum absolute atomic E-state index is 6.57. The van der Waals surface area contributed by atoms with Gasteiger partial charge in [-0.25, -0.2) is 0 Å². The van der Waals surface area contributed by atoms with Gasteiger partial charge < -0.3 is 9.47 Å². The number of rotatable bonds is 10. The number of nitrogens with zero attached hydrogens (tertiary/aromatic N) is 1. The number of piperidine rings is 1. The molecule has 1 unspecified atom stereocenters. The summed E-state index contributed by atoms with van der Waals surface area (Å²) in [6, 6.07) is 30.8. The molecular formula is C27H31NO3. The van der Waals surface area contributed by atoms with Crippen molar-refractivity contribution in [3.05, 3.63) is 108 Å². The predicted molar refractivity (Wildman–Crippen MR) is 122 cm³/mol. The molecule has 0 amide bonds. The summed E-state index contributed by atoms with van der Waals surface area (Å²) in [6.07, 6.45) is 3.06. The standard InChI is InChI=1S/C27H31NO3/c1-4-12-24(13-5-1)20-29-23-27(30-21-25-14-6-2-7-15-25)18-10-11-19-28(27)31-22-26-16-8-3-9-17-26/h1-9,12-17H,10-11,18-23H2. The molecule has 4 rings (SSSR count). The third-order valence-corrected chi connectivity index (χ3v) is 5.65. The molecule has 31 heavy (non-hydrogen) atoms. The quantitative estimate of drug-likeness (QED) is 0.421. The second kappa shape index (κ2) is 11.2. The fraction of sp³-hybridized carbons (Fsp3) is 0.333. The van der Waals surface area contributed by atoms with E-state index in [0.717, 1.165) is 42.5 Å². The largest absolute Gasteiger partial charge is 0.372 e. The van der Waals surface area contributed by atoms with E-state index in [1.807, 2.05) is 59.7 Å². The molecule has 1 saturated heterocycles. The summed E-state index contributed by atoms with van der Waals surface area (Å²) in [4.78, 5) is 6.30. The van der Waals surface area contributed by atoms with Crippen LogP contribution in [0.1, 0.15) is 36.0 Å². The SMILES string of the molecule is c1ccc(COCC2(OCc3ccccc3)CCCCN2OCc2ccccc2)cc1. The molecule has 1 heterocycles. The van der Waals surface area contributed by atoms with Crippen molar-refractivity contribution in [2.75, 3.05) is 13.2 Å². The predicted octanol–water partition coefficient (Wildman–Crippen LogP) is 5.73. The van der Waals surface area contributed by atoms with Crippen LogP contribution in [0.2, 0.25) is 0 Å². The zero-order valence-electron chi connectivity index (χ0n) is 18.0. The monoisotopic (exact) mass is 417 g/mol. The van der Waals surface area contributed by atoms with Crippen LogP contribution in [0, 0.1) is 0 Å². The minimum absolute atomic E-state index is 0.462. The average molecular weight is 418 g/mol. The Kier molecular flexibility index (Phi) is 7.86. The number of hydrogen-bond donors (Lipinski definition) is 0. The van der Waals surface area contributed by atoms with E-state index in [-0.39, 0.29) is 0 Å². The molecule has 1 fully saturated rings. The van der Waals surface area contributed by atoms with E-state index in [2.05, 4.69) is 36.4 Å². The van der Waals surface area contributed by atoms with Crippen molar-refractivity contribution >= 4 is 0 Å². The van der Waals surface area contributed by atoms with Crippen molar-refractivity contribution in [1.82, 2.24) is 5.06 Å². The Balaban J connectivity index is 1.46. The molecular weight excluding hydrogens is 386 g/mol. The lowest BCUT2D eigenvalue weighted by molar-refractivity contribution is -0.343. The number of ether oxygens (including phenoxy) is 2. The van der Waals surface area contributed by atoms with E-state index in [1.54, 1.807) is 0 Å². The van der Waals surface area contributed by atoms with Gasteiger partial charge in [0.1, 0.15) is 0 Å². The van der Waals surface area contributed by atoms with Crippen molar-refractivity contribution in [3.8, 4) is 0 Å².